The molecule has 2 N–H and O–H groups in total. The predicted molar refractivity (Wildman–Crippen MR) is 83.5 cm³/mol. The lowest BCUT2D eigenvalue weighted by molar-refractivity contribution is 0.195. The fraction of sp³-hybridized carbons (Fsp3) is 0.500. The number of benzene rings is 1. The van der Waals surface area contributed by atoms with Crippen LogP contribution in [0.3, 0.4) is 0 Å². The molecule has 0 atom stereocenters. The summed E-state index contributed by atoms with van der Waals surface area (Å²) >= 11 is 5.19. The average molecular weight is 298 g/mol. The summed E-state index contributed by atoms with van der Waals surface area (Å²) in [4.78, 5) is 0. The molecule has 0 aliphatic heterocycles. The molecule has 112 valence electrons. The van der Waals surface area contributed by atoms with Crippen molar-refractivity contribution in [2.45, 2.75) is 13.0 Å². The number of hydrogen-bond donors (Lipinski definition) is 2. The molecule has 0 spiro atoms. The Kier molecular flexibility index (Phi) is 7.75. The van der Waals surface area contributed by atoms with Crippen LogP contribution in [0.5, 0.6) is 11.5 Å². The molecule has 20 heavy (non-hydrogen) atoms. The van der Waals surface area contributed by atoms with Crippen molar-refractivity contribution in [3.8, 4) is 11.5 Å². The molecule has 5 nitrogen and oxygen atoms in total. The van der Waals surface area contributed by atoms with Gasteiger partial charge in [0.25, 0.3) is 0 Å². The Morgan fingerprint density at radius 2 is 1.85 bits per heavy atom. The third kappa shape index (κ3) is 5.63. The van der Waals surface area contributed by atoms with Crippen LogP contribution in [0.15, 0.2) is 18.2 Å². The van der Waals surface area contributed by atoms with Gasteiger partial charge in [0, 0.05) is 26.8 Å². The van der Waals surface area contributed by atoms with E-state index in [1.165, 1.54) is 0 Å². The van der Waals surface area contributed by atoms with Gasteiger partial charge in [-0.1, -0.05) is 6.07 Å². The van der Waals surface area contributed by atoms with Gasteiger partial charge in [-0.25, -0.2) is 0 Å². The predicted octanol–water partition coefficient (Wildman–Crippen LogP) is 1.70. The number of thiocarbonyl (C=S) groups is 1. The highest BCUT2D eigenvalue weighted by Crippen LogP contribution is 2.27. The number of nitrogens with one attached hydrogen (secondary N) is 2. The Hall–Kier alpha value is -1.53. The van der Waals surface area contributed by atoms with Crippen LogP contribution in [0.1, 0.15) is 12.0 Å². The van der Waals surface area contributed by atoms with E-state index in [-0.39, 0.29) is 0 Å². The van der Waals surface area contributed by atoms with Crippen molar-refractivity contribution in [2.75, 3.05) is 34.5 Å². The number of methoxy groups -OCH3 is 3. The topological polar surface area (TPSA) is 51.8 Å². The van der Waals surface area contributed by atoms with E-state index in [1.54, 1.807) is 21.3 Å². The van der Waals surface area contributed by atoms with Crippen LogP contribution in [-0.2, 0) is 11.3 Å². The van der Waals surface area contributed by atoms with E-state index < -0.39 is 0 Å². The zero-order valence-corrected chi connectivity index (χ0v) is 13.0. The van der Waals surface area contributed by atoms with Gasteiger partial charge in [0.1, 0.15) is 0 Å². The first kappa shape index (κ1) is 16.5. The minimum absolute atomic E-state index is 0.635. The second-order valence-corrected chi connectivity index (χ2v) is 4.55. The van der Waals surface area contributed by atoms with E-state index in [9.17, 15) is 0 Å². The molecular formula is C14H22N2O3S. The van der Waals surface area contributed by atoms with Crippen molar-refractivity contribution in [1.82, 2.24) is 10.6 Å². The Morgan fingerprint density at radius 1 is 1.10 bits per heavy atom. The monoisotopic (exact) mass is 298 g/mol. The zero-order valence-electron chi connectivity index (χ0n) is 12.2. The molecule has 0 saturated heterocycles. The third-order valence-electron chi connectivity index (χ3n) is 2.71. The van der Waals surface area contributed by atoms with Crippen molar-refractivity contribution in [2.24, 2.45) is 0 Å². The van der Waals surface area contributed by atoms with Crippen molar-refractivity contribution in [1.29, 1.82) is 0 Å². The molecule has 6 heteroatoms. The Bertz CT molecular complexity index is 427. The van der Waals surface area contributed by atoms with Gasteiger partial charge >= 0.3 is 0 Å². The molecule has 1 aromatic rings. The highest BCUT2D eigenvalue weighted by Gasteiger charge is 2.04. The van der Waals surface area contributed by atoms with Crippen molar-refractivity contribution in [3.05, 3.63) is 23.8 Å². The van der Waals surface area contributed by atoms with E-state index in [2.05, 4.69) is 10.6 Å². The molecule has 0 amide bonds. The molecule has 0 bridgehead atoms. The summed E-state index contributed by atoms with van der Waals surface area (Å²) in [6.07, 6.45) is 0.925. The molecule has 0 aromatic heterocycles. The van der Waals surface area contributed by atoms with E-state index in [4.69, 9.17) is 26.4 Å². The second-order valence-electron chi connectivity index (χ2n) is 4.15. The van der Waals surface area contributed by atoms with Gasteiger partial charge in [0.2, 0.25) is 0 Å². The van der Waals surface area contributed by atoms with Crippen LogP contribution in [0.2, 0.25) is 0 Å². The third-order valence-corrected chi connectivity index (χ3v) is 3.00. The molecule has 1 rings (SSSR count). The molecule has 1 aromatic carbocycles. The van der Waals surface area contributed by atoms with E-state index in [0.29, 0.717) is 17.4 Å². The fourth-order valence-electron chi connectivity index (χ4n) is 1.65. The Morgan fingerprint density at radius 3 is 2.50 bits per heavy atom. The van der Waals surface area contributed by atoms with Gasteiger partial charge in [-0.05, 0) is 36.3 Å². The van der Waals surface area contributed by atoms with Gasteiger partial charge in [0.05, 0.1) is 14.2 Å². The van der Waals surface area contributed by atoms with Crippen molar-refractivity contribution in [3.63, 3.8) is 0 Å². The Balaban J connectivity index is 2.39. The first-order valence-corrected chi connectivity index (χ1v) is 6.83. The van der Waals surface area contributed by atoms with Crippen molar-refractivity contribution < 1.29 is 14.2 Å². The number of hydrogen-bond acceptors (Lipinski definition) is 4. The second kappa shape index (κ2) is 9.39. The zero-order chi connectivity index (χ0) is 14.8. The summed E-state index contributed by atoms with van der Waals surface area (Å²) in [7, 11) is 4.93. The summed E-state index contributed by atoms with van der Waals surface area (Å²) in [6, 6.07) is 5.78. The van der Waals surface area contributed by atoms with Crippen LogP contribution in [0.25, 0.3) is 0 Å². The van der Waals surface area contributed by atoms with Gasteiger partial charge in [-0.15, -0.1) is 0 Å². The maximum atomic E-state index is 5.26. The summed E-state index contributed by atoms with van der Waals surface area (Å²) in [6.45, 7) is 2.16. The van der Waals surface area contributed by atoms with Gasteiger partial charge in [-0.3, -0.25) is 0 Å². The summed E-state index contributed by atoms with van der Waals surface area (Å²) < 4.78 is 15.4. The highest BCUT2D eigenvalue weighted by atomic mass is 32.1. The lowest BCUT2D eigenvalue weighted by Crippen LogP contribution is -2.35. The van der Waals surface area contributed by atoms with Crippen LogP contribution in [0.4, 0.5) is 0 Å². The number of ether oxygens (including phenoxy) is 3. The normalized spacial score (nSPS) is 9.95. The van der Waals surface area contributed by atoms with Gasteiger partial charge in [0.15, 0.2) is 16.6 Å². The SMILES string of the molecule is COCCCNC(=S)NCc1ccc(OC)c(OC)c1. The highest BCUT2D eigenvalue weighted by molar-refractivity contribution is 7.80. The quantitative estimate of drug-likeness (QED) is 0.563. The molecule has 0 heterocycles. The molecule has 0 aliphatic rings. The van der Waals surface area contributed by atoms with Crippen LogP contribution in [0, 0.1) is 0 Å². The maximum absolute atomic E-state index is 5.26. The molecule has 0 aliphatic carbocycles. The summed E-state index contributed by atoms with van der Waals surface area (Å²) in [5.74, 6) is 1.43. The maximum Gasteiger partial charge on any atom is 0.166 e. The molecule has 0 unspecified atom stereocenters. The largest absolute Gasteiger partial charge is 0.493 e. The fourth-order valence-corrected chi connectivity index (χ4v) is 1.83. The lowest BCUT2D eigenvalue weighted by atomic mass is 10.2. The summed E-state index contributed by atoms with van der Waals surface area (Å²) in [5.41, 5.74) is 1.07. The molecular weight excluding hydrogens is 276 g/mol. The lowest BCUT2D eigenvalue weighted by Gasteiger charge is -2.12. The first-order valence-electron chi connectivity index (χ1n) is 6.42. The Labute approximate surface area is 125 Å². The van der Waals surface area contributed by atoms with E-state index in [1.807, 2.05) is 18.2 Å². The standard InChI is InChI=1S/C14H22N2O3S/c1-17-8-4-7-15-14(20)16-10-11-5-6-12(18-2)13(9-11)19-3/h5-6,9H,4,7-8,10H2,1-3H3,(H2,15,16,20). The smallest absolute Gasteiger partial charge is 0.166 e. The summed E-state index contributed by atoms with van der Waals surface area (Å²) in [5, 5.41) is 6.91. The van der Waals surface area contributed by atoms with Gasteiger partial charge in [-0.2, -0.15) is 0 Å². The first-order chi connectivity index (χ1) is 9.71. The van der Waals surface area contributed by atoms with Gasteiger partial charge < -0.3 is 24.8 Å². The molecule has 0 radical (unpaired) electrons. The van der Waals surface area contributed by atoms with E-state index in [0.717, 1.165) is 30.9 Å². The van der Waals surface area contributed by atoms with E-state index >= 15 is 0 Å². The van der Waals surface area contributed by atoms with Crippen LogP contribution >= 0.6 is 12.2 Å². The van der Waals surface area contributed by atoms with Crippen LogP contribution < -0.4 is 20.1 Å². The number of rotatable bonds is 8. The van der Waals surface area contributed by atoms with Crippen LogP contribution in [-0.4, -0.2) is 39.6 Å². The molecule has 0 fully saturated rings. The minimum atomic E-state index is 0.635. The average Bonchev–Trinajstić information content (AvgIpc) is 2.49. The van der Waals surface area contributed by atoms with Crippen molar-refractivity contribution >= 4 is 17.3 Å². The molecule has 0 saturated carbocycles. The minimum Gasteiger partial charge on any atom is -0.493 e.